The lowest BCUT2D eigenvalue weighted by Crippen LogP contribution is -2.48. The van der Waals surface area contributed by atoms with Gasteiger partial charge in [-0.05, 0) is 24.3 Å². The van der Waals surface area contributed by atoms with Crippen molar-refractivity contribution in [3.63, 3.8) is 0 Å². The maximum atomic E-state index is 5.50. The highest BCUT2D eigenvalue weighted by atomic mass is 16.5. The van der Waals surface area contributed by atoms with Gasteiger partial charge in [0.15, 0.2) is 0 Å². The molecule has 0 radical (unpaired) electrons. The van der Waals surface area contributed by atoms with Gasteiger partial charge >= 0.3 is 0 Å². The van der Waals surface area contributed by atoms with Crippen LogP contribution in [0.15, 0.2) is 48.5 Å². The van der Waals surface area contributed by atoms with E-state index in [9.17, 15) is 0 Å². The van der Waals surface area contributed by atoms with Crippen LogP contribution in [0, 0.1) is 0 Å². The van der Waals surface area contributed by atoms with E-state index < -0.39 is 0 Å². The number of methoxy groups -OCH3 is 2. The van der Waals surface area contributed by atoms with Gasteiger partial charge in [0.2, 0.25) is 0 Å². The highest BCUT2D eigenvalue weighted by Gasteiger charge is 2.18. The zero-order chi connectivity index (χ0) is 19.6. The van der Waals surface area contributed by atoms with E-state index >= 15 is 0 Å². The highest BCUT2D eigenvalue weighted by Crippen LogP contribution is 2.28. The molecule has 0 saturated carbocycles. The van der Waals surface area contributed by atoms with Gasteiger partial charge in [-0.15, -0.1) is 0 Å². The number of piperazine rings is 1. The van der Waals surface area contributed by atoms with E-state index in [4.69, 9.17) is 9.47 Å². The van der Waals surface area contributed by atoms with Crippen molar-refractivity contribution in [2.24, 2.45) is 0 Å². The van der Waals surface area contributed by atoms with Crippen LogP contribution in [0.25, 0.3) is 0 Å². The molecule has 1 heterocycles. The monoisotopic (exact) mass is 384 g/mol. The molecule has 2 aromatic rings. The van der Waals surface area contributed by atoms with Gasteiger partial charge in [0.25, 0.3) is 0 Å². The van der Waals surface area contributed by atoms with E-state index in [0.29, 0.717) is 0 Å². The zero-order valence-electron chi connectivity index (χ0n) is 17.0. The van der Waals surface area contributed by atoms with Crippen LogP contribution < -0.4 is 25.0 Å². The highest BCUT2D eigenvalue weighted by molar-refractivity contribution is 5.58. The molecule has 0 amide bonds. The third-order valence-corrected chi connectivity index (χ3v) is 5.13. The molecule has 0 atom stereocenters. The number of anilines is 2. The fourth-order valence-electron chi connectivity index (χ4n) is 3.54. The number of nitrogens with one attached hydrogen (secondary N) is 2. The molecule has 1 aliphatic heterocycles. The molecule has 6 nitrogen and oxygen atoms in total. The Bertz CT molecular complexity index is 717. The number of nitrogens with zero attached hydrogens (tertiary/aromatic N) is 2. The van der Waals surface area contributed by atoms with Crippen LogP contribution in [0.1, 0.15) is 0 Å². The summed E-state index contributed by atoms with van der Waals surface area (Å²) in [4.78, 5) is 4.94. The van der Waals surface area contributed by atoms with E-state index in [0.717, 1.165) is 69.5 Å². The summed E-state index contributed by atoms with van der Waals surface area (Å²) in [7, 11) is 3.44. The van der Waals surface area contributed by atoms with E-state index in [2.05, 4.69) is 32.6 Å². The molecule has 28 heavy (non-hydrogen) atoms. The Morgan fingerprint density at radius 3 is 2.21 bits per heavy atom. The number of hydrogen-bond acceptors (Lipinski definition) is 6. The van der Waals surface area contributed by atoms with Gasteiger partial charge < -0.3 is 25.0 Å². The molecule has 2 N–H and O–H groups in total. The maximum Gasteiger partial charge on any atom is 0.142 e. The third kappa shape index (κ3) is 5.53. The van der Waals surface area contributed by atoms with Crippen LogP contribution in [-0.4, -0.2) is 71.5 Å². The number of para-hydroxylation sites is 4. The average molecular weight is 385 g/mol. The van der Waals surface area contributed by atoms with Crippen molar-refractivity contribution >= 4 is 11.4 Å². The number of rotatable bonds is 10. The lowest BCUT2D eigenvalue weighted by Gasteiger charge is -2.36. The number of ether oxygens (including phenoxy) is 2. The summed E-state index contributed by atoms with van der Waals surface area (Å²) in [6, 6.07) is 16.3. The Labute approximate surface area is 168 Å². The Kier molecular flexibility index (Phi) is 7.82. The van der Waals surface area contributed by atoms with E-state index in [1.165, 1.54) is 5.69 Å². The first kappa shape index (κ1) is 20.3. The second kappa shape index (κ2) is 10.8. The predicted molar refractivity (Wildman–Crippen MR) is 116 cm³/mol. The molecule has 0 aromatic heterocycles. The Hall–Kier alpha value is -2.44. The van der Waals surface area contributed by atoms with Gasteiger partial charge in [0, 0.05) is 52.4 Å². The fraction of sp³-hybridized carbons (Fsp3) is 0.455. The van der Waals surface area contributed by atoms with Crippen LogP contribution in [0.2, 0.25) is 0 Å². The molecule has 2 aromatic carbocycles. The topological polar surface area (TPSA) is 49.0 Å². The van der Waals surface area contributed by atoms with Crippen LogP contribution in [0.5, 0.6) is 11.5 Å². The van der Waals surface area contributed by atoms with Crippen molar-refractivity contribution in [2.75, 3.05) is 76.8 Å². The van der Waals surface area contributed by atoms with Crippen molar-refractivity contribution in [3.8, 4) is 11.5 Å². The second-order valence-electron chi connectivity index (χ2n) is 6.88. The summed E-state index contributed by atoms with van der Waals surface area (Å²) in [5.41, 5.74) is 2.24. The van der Waals surface area contributed by atoms with E-state index in [1.807, 2.05) is 36.4 Å². The Balaban J connectivity index is 1.31. The van der Waals surface area contributed by atoms with Crippen molar-refractivity contribution in [2.45, 2.75) is 0 Å². The van der Waals surface area contributed by atoms with Crippen LogP contribution >= 0.6 is 0 Å². The van der Waals surface area contributed by atoms with Gasteiger partial charge in [-0.3, -0.25) is 4.90 Å². The molecule has 0 aliphatic carbocycles. The SMILES string of the molecule is COc1ccccc1NCCNCCN1CCN(c2ccccc2OC)CC1. The lowest BCUT2D eigenvalue weighted by atomic mass is 10.2. The van der Waals surface area contributed by atoms with Gasteiger partial charge in [0.1, 0.15) is 11.5 Å². The van der Waals surface area contributed by atoms with Crippen molar-refractivity contribution in [1.29, 1.82) is 0 Å². The van der Waals surface area contributed by atoms with Crippen molar-refractivity contribution in [1.82, 2.24) is 10.2 Å². The third-order valence-electron chi connectivity index (χ3n) is 5.13. The Morgan fingerprint density at radius 2 is 1.46 bits per heavy atom. The molecule has 1 saturated heterocycles. The molecule has 3 rings (SSSR count). The summed E-state index contributed by atoms with van der Waals surface area (Å²) in [6.07, 6.45) is 0. The molecule has 0 bridgehead atoms. The number of hydrogen-bond donors (Lipinski definition) is 2. The largest absolute Gasteiger partial charge is 0.495 e. The molecule has 0 spiro atoms. The Morgan fingerprint density at radius 1 is 0.786 bits per heavy atom. The first-order chi connectivity index (χ1) is 13.8. The zero-order valence-corrected chi connectivity index (χ0v) is 17.0. The van der Waals surface area contributed by atoms with Crippen molar-refractivity contribution < 1.29 is 9.47 Å². The summed E-state index contributed by atoms with van der Waals surface area (Å²) >= 11 is 0. The minimum atomic E-state index is 0.877. The first-order valence-electron chi connectivity index (χ1n) is 9.99. The van der Waals surface area contributed by atoms with Crippen LogP contribution in [0.3, 0.4) is 0 Å². The smallest absolute Gasteiger partial charge is 0.142 e. The van der Waals surface area contributed by atoms with Gasteiger partial charge in [0.05, 0.1) is 25.6 Å². The number of benzene rings is 2. The summed E-state index contributed by atoms with van der Waals surface area (Å²) in [5, 5.41) is 6.94. The lowest BCUT2D eigenvalue weighted by molar-refractivity contribution is 0.257. The molecule has 1 fully saturated rings. The fourth-order valence-corrected chi connectivity index (χ4v) is 3.54. The quantitative estimate of drug-likeness (QED) is 0.614. The van der Waals surface area contributed by atoms with Gasteiger partial charge in [-0.25, -0.2) is 0 Å². The predicted octanol–water partition coefficient (Wildman–Crippen LogP) is 2.53. The molecular weight excluding hydrogens is 352 g/mol. The molecule has 1 aliphatic rings. The molecule has 6 heteroatoms. The molecular formula is C22H32N4O2. The van der Waals surface area contributed by atoms with Gasteiger partial charge in [-0.2, -0.15) is 0 Å². The minimum absolute atomic E-state index is 0.877. The standard InChI is InChI=1S/C22H32N4O2/c1-27-21-9-5-3-7-19(21)24-12-11-23-13-14-25-15-17-26(18-16-25)20-8-4-6-10-22(20)28-2/h3-10,23-24H,11-18H2,1-2H3. The molecule has 0 unspecified atom stereocenters. The van der Waals surface area contributed by atoms with E-state index in [-0.39, 0.29) is 0 Å². The van der Waals surface area contributed by atoms with Crippen LogP contribution in [-0.2, 0) is 0 Å². The summed E-state index contributed by atoms with van der Waals surface area (Å²) in [5.74, 6) is 1.84. The van der Waals surface area contributed by atoms with E-state index in [1.54, 1.807) is 14.2 Å². The maximum absolute atomic E-state index is 5.50. The second-order valence-corrected chi connectivity index (χ2v) is 6.88. The summed E-state index contributed by atoms with van der Waals surface area (Å²) in [6.45, 7) is 8.13. The molecule has 152 valence electrons. The summed E-state index contributed by atoms with van der Waals surface area (Å²) < 4.78 is 10.9. The van der Waals surface area contributed by atoms with Crippen molar-refractivity contribution in [3.05, 3.63) is 48.5 Å². The normalized spacial score (nSPS) is 14.7. The average Bonchev–Trinajstić information content (AvgIpc) is 2.76. The van der Waals surface area contributed by atoms with Crippen LogP contribution in [0.4, 0.5) is 11.4 Å². The first-order valence-corrected chi connectivity index (χ1v) is 9.99. The van der Waals surface area contributed by atoms with Gasteiger partial charge in [-0.1, -0.05) is 24.3 Å². The minimum Gasteiger partial charge on any atom is -0.495 e.